The molecule has 0 saturated heterocycles. The highest BCUT2D eigenvalue weighted by molar-refractivity contribution is 6.26. The fourth-order valence-electron chi connectivity index (χ4n) is 9.13. The summed E-state index contributed by atoms with van der Waals surface area (Å²) >= 11 is 0. The summed E-state index contributed by atoms with van der Waals surface area (Å²) in [4.78, 5) is 16.0. The molecule has 2 heterocycles. The van der Waals surface area contributed by atoms with E-state index in [4.69, 9.17) is 15.0 Å². The van der Waals surface area contributed by atoms with Crippen molar-refractivity contribution in [1.29, 1.82) is 0 Å². The number of hydrogen-bond donors (Lipinski definition) is 0. The lowest BCUT2D eigenvalue weighted by Gasteiger charge is -2.18. The number of hydrogen-bond acceptors (Lipinski definition) is 3. The molecule has 0 atom stereocenters. The Kier molecular flexibility index (Phi) is 8.13. The zero-order valence-electron chi connectivity index (χ0n) is 33.1. The minimum atomic E-state index is 0.607. The molecule has 0 bridgehead atoms. The number of benzene rings is 10. The van der Waals surface area contributed by atoms with Gasteiger partial charge in [-0.05, 0) is 78.8 Å². The van der Waals surface area contributed by atoms with Crippen LogP contribution in [0.15, 0.2) is 218 Å². The van der Waals surface area contributed by atoms with Gasteiger partial charge in [-0.1, -0.05) is 194 Å². The van der Waals surface area contributed by atoms with Gasteiger partial charge in [-0.15, -0.1) is 0 Å². The molecule has 4 nitrogen and oxygen atoms in total. The van der Waals surface area contributed by atoms with Crippen LogP contribution in [0.5, 0.6) is 0 Å². The van der Waals surface area contributed by atoms with Crippen molar-refractivity contribution in [3.8, 4) is 62.1 Å². The fourth-order valence-corrected chi connectivity index (χ4v) is 9.13. The minimum Gasteiger partial charge on any atom is -0.308 e. The molecule has 0 spiro atoms. The third-order valence-corrected chi connectivity index (χ3v) is 12.1. The molecular formula is C57H36N4. The molecule has 284 valence electrons. The quantitative estimate of drug-likeness (QED) is 0.158. The Morgan fingerprint density at radius 2 is 0.574 bits per heavy atom. The van der Waals surface area contributed by atoms with Gasteiger partial charge in [0.15, 0.2) is 17.5 Å². The van der Waals surface area contributed by atoms with E-state index in [1.807, 2.05) is 12.1 Å². The summed E-state index contributed by atoms with van der Waals surface area (Å²) in [6.07, 6.45) is 0. The van der Waals surface area contributed by atoms with E-state index in [9.17, 15) is 0 Å². The second-order valence-corrected chi connectivity index (χ2v) is 15.6. The molecule has 0 aliphatic carbocycles. The number of rotatable bonds is 6. The molecule has 0 amide bonds. The number of nitrogens with zero attached hydrogens (tertiary/aromatic N) is 4. The smallest absolute Gasteiger partial charge is 0.166 e. The molecular weight excluding hydrogens is 741 g/mol. The molecule has 0 unspecified atom stereocenters. The Morgan fingerprint density at radius 3 is 1.03 bits per heavy atom. The monoisotopic (exact) mass is 776 g/mol. The SMILES string of the molecule is c1ccc(-c2ccc(-c3nc(-c4ccc(-c5ccccc5)cc4)nc(-c4cc5c6ccccc6c6ccccc6c5cc4-n4c5ccccc5c5ccccc54)n3)cc2)cc1. The maximum absolute atomic E-state index is 5.41. The van der Waals surface area contributed by atoms with Gasteiger partial charge >= 0.3 is 0 Å². The molecule has 61 heavy (non-hydrogen) atoms. The maximum Gasteiger partial charge on any atom is 0.166 e. The normalized spacial score (nSPS) is 11.6. The van der Waals surface area contributed by atoms with Crippen molar-refractivity contribution in [2.45, 2.75) is 0 Å². The summed E-state index contributed by atoms with van der Waals surface area (Å²) in [5.74, 6) is 1.84. The van der Waals surface area contributed by atoms with Gasteiger partial charge in [-0.25, -0.2) is 15.0 Å². The first-order chi connectivity index (χ1) is 30.2. The minimum absolute atomic E-state index is 0.607. The van der Waals surface area contributed by atoms with Crippen molar-refractivity contribution in [3.05, 3.63) is 218 Å². The second kappa shape index (κ2) is 14.3. The van der Waals surface area contributed by atoms with Gasteiger partial charge in [0.2, 0.25) is 0 Å². The summed E-state index contributed by atoms with van der Waals surface area (Å²) < 4.78 is 2.40. The highest BCUT2D eigenvalue weighted by atomic mass is 15.1. The van der Waals surface area contributed by atoms with Crippen LogP contribution < -0.4 is 0 Å². The maximum atomic E-state index is 5.41. The average Bonchev–Trinajstić information content (AvgIpc) is 3.68. The van der Waals surface area contributed by atoms with Crippen LogP contribution in [-0.2, 0) is 0 Å². The van der Waals surface area contributed by atoms with Gasteiger partial charge in [0.1, 0.15) is 0 Å². The predicted molar refractivity (Wildman–Crippen MR) is 254 cm³/mol. The van der Waals surface area contributed by atoms with E-state index >= 15 is 0 Å². The van der Waals surface area contributed by atoms with Crippen LogP contribution in [0.3, 0.4) is 0 Å². The van der Waals surface area contributed by atoms with Crippen molar-refractivity contribution in [1.82, 2.24) is 19.5 Å². The van der Waals surface area contributed by atoms with Crippen molar-refractivity contribution in [2.75, 3.05) is 0 Å². The Hall–Kier alpha value is -8.21. The lowest BCUT2D eigenvalue weighted by atomic mass is 9.92. The van der Waals surface area contributed by atoms with E-state index in [0.717, 1.165) is 61.1 Å². The molecule has 0 aliphatic heterocycles. The molecule has 0 radical (unpaired) electrons. The zero-order valence-corrected chi connectivity index (χ0v) is 33.1. The van der Waals surface area contributed by atoms with Crippen LogP contribution >= 0.6 is 0 Å². The van der Waals surface area contributed by atoms with Gasteiger partial charge in [0, 0.05) is 27.5 Å². The molecule has 0 N–H and O–H groups in total. The molecule has 2 aromatic heterocycles. The van der Waals surface area contributed by atoms with Crippen molar-refractivity contribution >= 4 is 54.1 Å². The average molecular weight is 777 g/mol. The molecule has 0 saturated carbocycles. The lowest BCUT2D eigenvalue weighted by molar-refractivity contribution is 1.07. The van der Waals surface area contributed by atoms with Crippen LogP contribution in [0.1, 0.15) is 0 Å². The van der Waals surface area contributed by atoms with Gasteiger partial charge in [0.25, 0.3) is 0 Å². The second-order valence-electron chi connectivity index (χ2n) is 15.6. The van der Waals surface area contributed by atoms with E-state index in [1.165, 1.54) is 37.7 Å². The van der Waals surface area contributed by atoms with Crippen LogP contribution in [0.4, 0.5) is 0 Å². The number of aromatic nitrogens is 4. The van der Waals surface area contributed by atoms with Gasteiger partial charge in [-0.2, -0.15) is 0 Å². The summed E-state index contributed by atoms with van der Waals surface area (Å²) in [5.41, 5.74) is 10.6. The van der Waals surface area contributed by atoms with Crippen LogP contribution in [0.25, 0.3) is 116 Å². The highest BCUT2D eigenvalue weighted by Gasteiger charge is 2.22. The fraction of sp³-hybridized carbons (Fsp3) is 0. The van der Waals surface area contributed by atoms with Crippen molar-refractivity contribution in [3.63, 3.8) is 0 Å². The molecule has 0 fully saturated rings. The summed E-state index contributed by atoms with van der Waals surface area (Å²) in [6, 6.07) is 77.6. The Labute approximate surface area is 352 Å². The third kappa shape index (κ3) is 5.88. The highest BCUT2D eigenvalue weighted by Crippen LogP contribution is 2.42. The van der Waals surface area contributed by atoms with Crippen molar-refractivity contribution < 1.29 is 0 Å². The Balaban J connectivity index is 1.16. The van der Waals surface area contributed by atoms with Crippen molar-refractivity contribution in [2.24, 2.45) is 0 Å². The Morgan fingerprint density at radius 1 is 0.246 bits per heavy atom. The van der Waals surface area contributed by atoms with Gasteiger partial charge < -0.3 is 4.57 Å². The van der Waals surface area contributed by atoms with Crippen LogP contribution in [0.2, 0.25) is 0 Å². The van der Waals surface area contributed by atoms with E-state index in [2.05, 4.69) is 211 Å². The first-order valence-corrected chi connectivity index (χ1v) is 20.7. The summed E-state index contributed by atoms with van der Waals surface area (Å²) in [5, 5.41) is 9.56. The Bertz CT molecular complexity index is 3460. The number of fused-ring (bicyclic) bond motifs is 9. The van der Waals surface area contributed by atoms with E-state index in [0.29, 0.717) is 17.5 Å². The standard InChI is InChI=1S/C57H36N4/c1-3-15-37(16-4-1)39-27-31-41(32-28-39)55-58-56(42-33-29-40(30-34-42)38-17-5-2-6-18-38)60-57(59-55)51-35-49-45-21-9-7-19-43(45)44-20-8-10-22-46(44)50(49)36-54(51)61-52-25-13-11-23-47(52)48-24-12-14-26-53(48)61/h1-36H. The number of para-hydroxylation sites is 2. The predicted octanol–water partition coefficient (Wildman–Crippen LogP) is 14.8. The zero-order chi connectivity index (χ0) is 40.3. The van der Waals surface area contributed by atoms with Crippen LogP contribution in [0, 0.1) is 0 Å². The van der Waals surface area contributed by atoms with Gasteiger partial charge in [-0.3, -0.25) is 0 Å². The molecule has 10 aromatic carbocycles. The molecule has 12 rings (SSSR count). The topological polar surface area (TPSA) is 43.6 Å². The van der Waals surface area contributed by atoms with Crippen LogP contribution in [-0.4, -0.2) is 19.5 Å². The third-order valence-electron chi connectivity index (χ3n) is 12.1. The lowest BCUT2D eigenvalue weighted by Crippen LogP contribution is -2.04. The van der Waals surface area contributed by atoms with E-state index in [1.54, 1.807) is 0 Å². The molecule has 4 heteroatoms. The first kappa shape index (κ1) is 34.8. The van der Waals surface area contributed by atoms with Gasteiger partial charge in [0.05, 0.1) is 16.7 Å². The van der Waals surface area contributed by atoms with E-state index in [-0.39, 0.29) is 0 Å². The van der Waals surface area contributed by atoms with E-state index < -0.39 is 0 Å². The largest absolute Gasteiger partial charge is 0.308 e. The first-order valence-electron chi connectivity index (χ1n) is 20.7. The summed E-state index contributed by atoms with van der Waals surface area (Å²) in [6.45, 7) is 0. The summed E-state index contributed by atoms with van der Waals surface area (Å²) in [7, 11) is 0. The molecule has 0 aliphatic rings. The molecule has 12 aromatic rings.